The summed E-state index contributed by atoms with van der Waals surface area (Å²) in [4.78, 5) is 0. The monoisotopic (exact) mass is 148 g/mol. The maximum absolute atomic E-state index is 3.19. The molecule has 0 unspecified atom stereocenters. The van der Waals surface area contributed by atoms with Crippen molar-refractivity contribution in [3.63, 3.8) is 0 Å². The third-order valence-electron chi connectivity index (χ3n) is 1.92. The summed E-state index contributed by atoms with van der Waals surface area (Å²) in [6.45, 7) is 2.12. The summed E-state index contributed by atoms with van der Waals surface area (Å²) in [5, 5.41) is 2.50. The van der Waals surface area contributed by atoms with Gasteiger partial charge in [0.2, 0.25) is 0 Å². The van der Waals surface area contributed by atoms with E-state index in [1.807, 2.05) is 12.1 Å². The number of hydrogen-bond donors (Lipinski definition) is 0. The molecule has 0 aromatic heterocycles. The Labute approximate surface area is 84.8 Å². The van der Waals surface area contributed by atoms with Crippen LogP contribution in [0.1, 0.15) is 5.56 Å². The molecule has 0 heterocycles. The number of aryl methyl sites for hydroxylation is 1. The van der Waals surface area contributed by atoms with Gasteiger partial charge in [-0.2, -0.15) is 0 Å². The van der Waals surface area contributed by atoms with E-state index in [0.717, 1.165) is 0 Å². The van der Waals surface area contributed by atoms with Gasteiger partial charge in [-0.1, -0.05) is 19.1 Å². The fraction of sp³-hybridized carbons (Fsp3) is 0.0909. The van der Waals surface area contributed by atoms with E-state index in [2.05, 4.69) is 37.3 Å². The third-order valence-corrected chi connectivity index (χ3v) is 1.92. The predicted octanol–water partition coefficient (Wildman–Crippen LogP) is -0.0476. The first-order chi connectivity index (χ1) is 5.38. The van der Waals surface area contributed by atoms with Crippen molar-refractivity contribution < 1.29 is 18.9 Å². The van der Waals surface area contributed by atoms with Gasteiger partial charge in [0.05, 0.1) is 0 Å². The molecular weight excluding hydrogens is 139 g/mol. The molecule has 0 amide bonds. The van der Waals surface area contributed by atoms with Crippen molar-refractivity contribution >= 4 is 10.8 Å². The third kappa shape index (κ3) is 1.55. The summed E-state index contributed by atoms with van der Waals surface area (Å²) in [6, 6.07) is 15.6. The molecule has 0 saturated heterocycles. The first kappa shape index (κ1) is 9.39. The van der Waals surface area contributed by atoms with Crippen molar-refractivity contribution in [3.8, 4) is 0 Å². The summed E-state index contributed by atoms with van der Waals surface area (Å²) < 4.78 is 0. The molecule has 0 radical (unpaired) electrons. The van der Waals surface area contributed by atoms with Crippen molar-refractivity contribution in [1.29, 1.82) is 0 Å². The van der Waals surface area contributed by atoms with Gasteiger partial charge in [0.1, 0.15) is 0 Å². The molecule has 0 aliphatic rings. The molecule has 0 atom stereocenters. The topological polar surface area (TPSA) is 0 Å². The van der Waals surface area contributed by atoms with Gasteiger partial charge in [-0.25, -0.2) is 0 Å². The van der Waals surface area contributed by atoms with Crippen molar-refractivity contribution in [1.82, 2.24) is 0 Å². The Morgan fingerprint density at radius 3 is 2.58 bits per heavy atom. The van der Waals surface area contributed by atoms with Crippen LogP contribution in [0.25, 0.3) is 10.8 Å². The van der Waals surface area contributed by atoms with Crippen LogP contribution in [0.3, 0.4) is 0 Å². The number of benzene rings is 2. The molecular formula is C11H9Li. The molecule has 0 N–H and O–H groups in total. The van der Waals surface area contributed by atoms with Crippen molar-refractivity contribution in [2.75, 3.05) is 0 Å². The van der Waals surface area contributed by atoms with E-state index in [0.29, 0.717) is 0 Å². The van der Waals surface area contributed by atoms with Gasteiger partial charge in [-0.15, -0.1) is 46.7 Å². The van der Waals surface area contributed by atoms with E-state index >= 15 is 0 Å². The van der Waals surface area contributed by atoms with Crippen molar-refractivity contribution in [2.24, 2.45) is 0 Å². The van der Waals surface area contributed by atoms with Crippen LogP contribution in [-0.2, 0) is 0 Å². The molecule has 2 aromatic rings. The molecule has 54 valence electrons. The van der Waals surface area contributed by atoms with Crippen molar-refractivity contribution in [2.45, 2.75) is 6.92 Å². The summed E-state index contributed by atoms with van der Waals surface area (Å²) >= 11 is 0. The van der Waals surface area contributed by atoms with E-state index < -0.39 is 0 Å². The fourth-order valence-electron chi connectivity index (χ4n) is 1.30. The van der Waals surface area contributed by atoms with Gasteiger partial charge in [0.25, 0.3) is 0 Å². The minimum absolute atomic E-state index is 0. The summed E-state index contributed by atoms with van der Waals surface area (Å²) in [6.07, 6.45) is 0. The van der Waals surface area contributed by atoms with E-state index in [9.17, 15) is 0 Å². The van der Waals surface area contributed by atoms with E-state index in [1.54, 1.807) is 0 Å². The Balaban J connectivity index is 0.000000720. The Hall–Kier alpha value is -0.703. The Bertz CT molecular complexity index is 374. The average molecular weight is 148 g/mol. The zero-order chi connectivity index (χ0) is 7.68. The van der Waals surface area contributed by atoms with Crippen LogP contribution in [0, 0.1) is 13.0 Å². The second kappa shape index (κ2) is 3.80. The standard InChI is InChI=1S/C11H9.Li/c1-9-5-4-7-10-6-2-3-8-11(9)10;/h2-6,8H,1H3;/q-1;+1. The number of rotatable bonds is 0. The van der Waals surface area contributed by atoms with Gasteiger partial charge in [-0.3, -0.25) is 0 Å². The van der Waals surface area contributed by atoms with Crippen LogP contribution >= 0.6 is 0 Å². The fourth-order valence-corrected chi connectivity index (χ4v) is 1.30. The maximum atomic E-state index is 3.19. The van der Waals surface area contributed by atoms with E-state index in [1.165, 1.54) is 16.3 Å². The van der Waals surface area contributed by atoms with Gasteiger partial charge in [0, 0.05) is 0 Å². The number of hydrogen-bond acceptors (Lipinski definition) is 0. The first-order valence-corrected chi connectivity index (χ1v) is 3.74. The second-order valence-corrected chi connectivity index (χ2v) is 2.71. The van der Waals surface area contributed by atoms with E-state index in [-0.39, 0.29) is 18.9 Å². The molecule has 0 bridgehead atoms. The van der Waals surface area contributed by atoms with Gasteiger partial charge < -0.3 is 0 Å². The van der Waals surface area contributed by atoms with Crippen LogP contribution in [0.5, 0.6) is 0 Å². The molecule has 0 aliphatic heterocycles. The minimum Gasteiger partial charge on any atom is -0.147 e. The molecule has 1 heteroatoms. The second-order valence-electron chi connectivity index (χ2n) is 2.71. The van der Waals surface area contributed by atoms with Crippen LogP contribution in [-0.4, -0.2) is 0 Å². The van der Waals surface area contributed by atoms with Crippen LogP contribution in [0.4, 0.5) is 0 Å². The molecule has 0 spiro atoms. The normalized spacial score (nSPS) is 9.42. The summed E-state index contributed by atoms with van der Waals surface area (Å²) in [5.41, 5.74) is 1.32. The molecule has 0 fully saturated rings. The molecule has 12 heavy (non-hydrogen) atoms. The largest absolute Gasteiger partial charge is 1.00 e. The maximum Gasteiger partial charge on any atom is 1.00 e. The SMILES string of the molecule is Cc1cc[c-]c2ccccc12.[Li+]. The quantitative estimate of drug-likeness (QED) is 0.363. The first-order valence-electron chi connectivity index (χ1n) is 3.74. The Morgan fingerprint density at radius 2 is 1.83 bits per heavy atom. The van der Waals surface area contributed by atoms with Crippen LogP contribution in [0.2, 0.25) is 0 Å². The van der Waals surface area contributed by atoms with Crippen molar-refractivity contribution in [3.05, 3.63) is 48.0 Å². The number of fused-ring (bicyclic) bond motifs is 1. The van der Waals surface area contributed by atoms with Gasteiger partial charge in [-0.05, 0) is 0 Å². The summed E-state index contributed by atoms with van der Waals surface area (Å²) in [5.74, 6) is 0. The minimum atomic E-state index is 0. The predicted molar refractivity (Wildman–Crippen MR) is 47.5 cm³/mol. The van der Waals surface area contributed by atoms with Gasteiger partial charge >= 0.3 is 18.9 Å². The Kier molecular flexibility index (Phi) is 2.98. The molecule has 2 rings (SSSR count). The zero-order valence-corrected chi connectivity index (χ0v) is 7.46. The Morgan fingerprint density at radius 1 is 1.08 bits per heavy atom. The smallest absolute Gasteiger partial charge is 0.147 e. The molecule has 0 aliphatic carbocycles. The summed E-state index contributed by atoms with van der Waals surface area (Å²) in [7, 11) is 0. The zero-order valence-electron chi connectivity index (χ0n) is 7.46. The average Bonchev–Trinajstić information content (AvgIpc) is 2.06. The molecule has 0 saturated carbocycles. The van der Waals surface area contributed by atoms with Crippen LogP contribution < -0.4 is 18.9 Å². The molecule has 2 aromatic carbocycles. The van der Waals surface area contributed by atoms with E-state index in [4.69, 9.17) is 0 Å². The van der Waals surface area contributed by atoms with Gasteiger partial charge in [0.15, 0.2) is 0 Å². The van der Waals surface area contributed by atoms with Crippen LogP contribution in [0.15, 0.2) is 36.4 Å². The molecule has 0 nitrogen and oxygen atoms in total.